The molecule has 0 saturated heterocycles. The Hall–Kier alpha value is -3.45. The van der Waals surface area contributed by atoms with Crippen LogP contribution in [-0.4, -0.2) is 18.1 Å². The molecule has 0 aromatic heterocycles. The smallest absolute Gasteiger partial charge is 0.207 e. The van der Waals surface area contributed by atoms with Crippen molar-refractivity contribution in [3.05, 3.63) is 95.1 Å². The van der Waals surface area contributed by atoms with Crippen LogP contribution >= 0.6 is 0 Å². The highest BCUT2D eigenvalue weighted by molar-refractivity contribution is 5.48. The second-order valence-electron chi connectivity index (χ2n) is 6.51. The van der Waals surface area contributed by atoms with E-state index < -0.39 is 23.5 Å². The molecule has 0 fully saturated rings. The van der Waals surface area contributed by atoms with Crippen molar-refractivity contribution in [3.63, 3.8) is 0 Å². The molecule has 3 rings (SSSR count). The predicted molar refractivity (Wildman–Crippen MR) is 107 cm³/mol. The van der Waals surface area contributed by atoms with Crippen LogP contribution in [0.4, 0.5) is 8.78 Å². The third-order valence-electron chi connectivity index (χ3n) is 4.36. The van der Waals surface area contributed by atoms with Crippen molar-refractivity contribution >= 4 is 6.41 Å². The first-order valence-corrected chi connectivity index (χ1v) is 9.30. The largest absolute Gasteiger partial charge is 0.482 e. The van der Waals surface area contributed by atoms with E-state index in [2.05, 4.69) is 5.32 Å². The van der Waals surface area contributed by atoms with Gasteiger partial charge in [0.2, 0.25) is 17.9 Å². The summed E-state index contributed by atoms with van der Waals surface area (Å²) in [5.41, 5.74) is 1.18. The summed E-state index contributed by atoms with van der Waals surface area (Å²) in [6.45, 7) is -0.291. The number of hydrogen-bond acceptors (Lipinski definition) is 4. The number of hydrogen-bond donors (Lipinski definition) is 2. The Morgan fingerprint density at radius 2 is 1.43 bits per heavy atom. The molecule has 1 atom stereocenters. The number of halogens is 2. The zero-order valence-corrected chi connectivity index (χ0v) is 16.1. The van der Waals surface area contributed by atoms with Crippen LogP contribution in [-0.2, 0) is 18.0 Å². The van der Waals surface area contributed by atoms with Gasteiger partial charge in [0.05, 0.1) is 6.10 Å². The minimum absolute atomic E-state index is 0.00744. The van der Waals surface area contributed by atoms with Crippen LogP contribution < -0.4 is 14.8 Å². The van der Waals surface area contributed by atoms with Gasteiger partial charge >= 0.3 is 0 Å². The van der Waals surface area contributed by atoms with E-state index >= 15 is 4.39 Å². The fourth-order valence-electron chi connectivity index (χ4n) is 2.84. The van der Waals surface area contributed by atoms with Crippen molar-refractivity contribution < 1.29 is 28.2 Å². The summed E-state index contributed by atoms with van der Waals surface area (Å²) < 4.78 is 41.1. The van der Waals surface area contributed by atoms with Crippen LogP contribution in [0.1, 0.15) is 22.8 Å². The van der Waals surface area contributed by atoms with Crippen LogP contribution in [0.25, 0.3) is 0 Å². The molecule has 3 aromatic rings. The molecule has 0 radical (unpaired) electrons. The van der Waals surface area contributed by atoms with Crippen LogP contribution in [0.2, 0.25) is 0 Å². The number of carbonyl (C=O) groups is 1. The molecule has 1 amide bonds. The van der Waals surface area contributed by atoms with E-state index in [1.54, 1.807) is 36.4 Å². The molecule has 0 aliphatic rings. The zero-order chi connectivity index (χ0) is 21.3. The molecule has 0 bridgehead atoms. The highest BCUT2D eigenvalue weighted by Gasteiger charge is 2.25. The molecule has 2 N–H and O–H groups in total. The predicted octanol–water partition coefficient (Wildman–Crippen LogP) is 3.90. The number of aliphatic hydroxyl groups is 1. The minimum atomic E-state index is -1.45. The summed E-state index contributed by atoms with van der Waals surface area (Å²) >= 11 is 0. The second-order valence-corrected chi connectivity index (χ2v) is 6.51. The van der Waals surface area contributed by atoms with E-state index in [0.29, 0.717) is 6.41 Å². The number of nitrogens with one attached hydrogen (secondary N) is 1. The fraction of sp³-hybridized carbons (Fsp3) is 0.174. The van der Waals surface area contributed by atoms with Crippen molar-refractivity contribution in [1.29, 1.82) is 0 Å². The van der Waals surface area contributed by atoms with Crippen molar-refractivity contribution in [2.75, 3.05) is 6.54 Å². The molecule has 5 nitrogen and oxygen atoms in total. The fourth-order valence-corrected chi connectivity index (χ4v) is 2.84. The van der Waals surface area contributed by atoms with E-state index in [1.165, 1.54) is 0 Å². The Morgan fingerprint density at radius 3 is 1.97 bits per heavy atom. The number of amides is 1. The number of carbonyl (C=O) groups excluding carboxylic acids is 1. The first kappa shape index (κ1) is 21.3. The molecule has 3 aromatic carbocycles. The average Bonchev–Trinajstić information content (AvgIpc) is 2.78. The van der Waals surface area contributed by atoms with Gasteiger partial charge in [-0.05, 0) is 17.2 Å². The molecule has 0 aliphatic carbocycles. The second kappa shape index (κ2) is 10.4. The Morgan fingerprint density at radius 1 is 0.900 bits per heavy atom. The standard InChI is InChI=1S/C23H21F2NO4/c24-19-11-18(20(28)12-26-15-27)21(25)23(30-14-17-9-5-2-6-10-17)22(19)29-13-16-7-3-1-4-8-16/h1-11,15,20,28H,12-14H2,(H,26,27). The van der Waals surface area contributed by atoms with Crippen LogP contribution in [0.3, 0.4) is 0 Å². The van der Waals surface area contributed by atoms with Gasteiger partial charge in [0.15, 0.2) is 11.6 Å². The summed E-state index contributed by atoms with van der Waals surface area (Å²) in [7, 11) is 0. The third kappa shape index (κ3) is 5.33. The summed E-state index contributed by atoms with van der Waals surface area (Å²) in [5.74, 6) is -2.65. The van der Waals surface area contributed by atoms with Gasteiger partial charge < -0.3 is 19.9 Å². The minimum Gasteiger partial charge on any atom is -0.482 e. The van der Waals surface area contributed by atoms with E-state index in [9.17, 15) is 14.3 Å². The van der Waals surface area contributed by atoms with Gasteiger partial charge in [0, 0.05) is 12.1 Å². The van der Waals surface area contributed by atoms with E-state index in [0.717, 1.165) is 17.2 Å². The van der Waals surface area contributed by atoms with Crippen LogP contribution in [0.15, 0.2) is 66.7 Å². The van der Waals surface area contributed by atoms with Crippen LogP contribution in [0, 0.1) is 11.6 Å². The number of benzene rings is 3. The Kier molecular flexibility index (Phi) is 7.34. The summed E-state index contributed by atoms with van der Waals surface area (Å²) in [5, 5.41) is 12.4. The molecule has 1 unspecified atom stereocenters. The molecule has 7 heteroatoms. The number of ether oxygens (including phenoxy) is 2. The van der Waals surface area contributed by atoms with Gasteiger partial charge in [-0.1, -0.05) is 60.7 Å². The topological polar surface area (TPSA) is 67.8 Å². The highest BCUT2D eigenvalue weighted by atomic mass is 19.1. The average molecular weight is 413 g/mol. The van der Waals surface area contributed by atoms with E-state index in [4.69, 9.17) is 9.47 Å². The lowest BCUT2D eigenvalue weighted by atomic mass is 10.1. The lowest BCUT2D eigenvalue weighted by molar-refractivity contribution is -0.110. The van der Waals surface area contributed by atoms with Gasteiger partial charge in [0.25, 0.3) is 0 Å². The lowest BCUT2D eigenvalue weighted by Gasteiger charge is -2.19. The molecule has 156 valence electrons. The maximum Gasteiger partial charge on any atom is 0.207 e. The van der Waals surface area contributed by atoms with Gasteiger partial charge in [0.1, 0.15) is 13.2 Å². The maximum absolute atomic E-state index is 15.2. The third-order valence-corrected chi connectivity index (χ3v) is 4.36. The molecular formula is C23H21F2NO4. The summed E-state index contributed by atoms with van der Waals surface area (Å²) in [6, 6.07) is 18.9. The maximum atomic E-state index is 15.2. The van der Waals surface area contributed by atoms with Gasteiger partial charge in [-0.3, -0.25) is 4.79 Å². The SMILES string of the molecule is O=CNCC(O)c1cc(F)c(OCc2ccccc2)c(OCc2ccccc2)c1F. The first-order valence-electron chi connectivity index (χ1n) is 9.30. The molecule has 0 saturated carbocycles. The number of aliphatic hydroxyl groups excluding tert-OH is 1. The zero-order valence-electron chi connectivity index (χ0n) is 16.1. The monoisotopic (exact) mass is 413 g/mol. The molecule has 0 spiro atoms. The first-order chi connectivity index (χ1) is 14.6. The molecule has 0 aliphatic heterocycles. The van der Waals surface area contributed by atoms with Crippen molar-refractivity contribution in [2.45, 2.75) is 19.3 Å². The highest BCUT2D eigenvalue weighted by Crippen LogP contribution is 2.38. The number of rotatable bonds is 10. The van der Waals surface area contributed by atoms with Gasteiger partial charge in [-0.25, -0.2) is 8.78 Å². The Labute approximate surface area is 172 Å². The molecule has 30 heavy (non-hydrogen) atoms. The van der Waals surface area contributed by atoms with E-state index in [-0.39, 0.29) is 31.1 Å². The van der Waals surface area contributed by atoms with Crippen molar-refractivity contribution in [3.8, 4) is 11.5 Å². The van der Waals surface area contributed by atoms with Gasteiger partial charge in [-0.2, -0.15) is 0 Å². The normalized spacial score (nSPS) is 11.6. The Balaban J connectivity index is 1.91. The van der Waals surface area contributed by atoms with Crippen molar-refractivity contribution in [2.24, 2.45) is 0 Å². The summed E-state index contributed by atoms with van der Waals surface area (Å²) in [4.78, 5) is 10.5. The van der Waals surface area contributed by atoms with Crippen molar-refractivity contribution in [1.82, 2.24) is 5.32 Å². The quantitative estimate of drug-likeness (QED) is 0.495. The van der Waals surface area contributed by atoms with Crippen LogP contribution in [0.5, 0.6) is 11.5 Å². The Bertz CT molecular complexity index is 968. The molecular weight excluding hydrogens is 392 g/mol. The summed E-state index contributed by atoms with van der Waals surface area (Å²) in [6.07, 6.45) is -1.09. The van der Waals surface area contributed by atoms with E-state index in [1.807, 2.05) is 24.3 Å². The van der Waals surface area contributed by atoms with Gasteiger partial charge in [-0.15, -0.1) is 0 Å². The molecule has 0 heterocycles. The lowest BCUT2D eigenvalue weighted by Crippen LogP contribution is -2.21.